The molecule has 0 aliphatic heterocycles. The first-order chi connectivity index (χ1) is 13.9. The van der Waals surface area contributed by atoms with Gasteiger partial charge in [-0.15, -0.1) is 0 Å². The lowest BCUT2D eigenvalue weighted by molar-refractivity contribution is -0.223. The molecule has 0 aromatic heterocycles. The molecule has 0 aromatic carbocycles. The SMILES string of the molecule is CCNC(=O)[C@@]1(O)[C@H](C)C[C@H]2[C@@H]3C[C@H](F)C4=CC(=O)C=C[C@]4(C)[C@@]3(F)[C@@H](O)C[C@@]21C. The molecular weight excluding hydrogens is 392 g/mol. The van der Waals surface area contributed by atoms with Crippen molar-refractivity contribution in [2.45, 2.75) is 70.5 Å². The Morgan fingerprint density at radius 2 is 1.97 bits per heavy atom. The van der Waals surface area contributed by atoms with Gasteiger partial charge < -0.3 is 15.5 Å². The maximum Gasteiger partial charge on any atom is 0.252 e. The van der Waals surface area contributed by atoms with E-state index >= 15 is 8.78 Å². The molecule has 4 aliphatic rings. The van der Waals surface area contributed by atoms with E-state index in [0.717, 1.165) is 6.08 Å². The lowest BCUT2D eigenvalue weighted by Crippen LogP contribution is -2.71. The van der Waals surface area contributed by atoms with Crippen molar-refractivity contribution in [2.24, 2.45) is 28.6 Å². The van der Waals surface area contributed by atoms with Crippen LogP contribution < -0.4 is 5.32 Å². The molecule has 4 aliphatic carbocycles. The van der Waals surface area contributed by atoms with E-state index in [1.54, 1.807) is 27.7 Å². The summed E-state index contributed by atoms with van der Waals surface area (Å²) in [5.74, 6) is -2.77. The minimum atomic E-state index is -2.20. The third-order valence-corrected chi connectivity index (χ3v) is 8.89. The van der Waals surface area contributed by atoms with Gasteiger partial charge in [-0.1, -0.05) is 19.9 Å². The quantitative estimate of drug-likeness (QED) is 0.637. The Morgan fingerprint density at radius 3 is 2.60 bits per heavy atom. The highest BCUT2D eigenvalue weighted by atomic mass is 19.1. The second-order valence-corrected chi connectivity index (χ2v) is 10.1. The number of alkyl halides is 2. The van der Waals surface area contributed by atoms with Crippen molar-refractivity contribution in [3.63, 3.8) is 0 Å². The summed E-state index contributed by atoms with van der Waals surface area (Å²) in [5.41, 5.74) is -6.47. The Balaban J connectivity index is 1.84. The summed E-state index contributed by atoms with van der Waals surface area (Å²) < 4.78 is 32.3. The van der Waals surface area contributed by atoms with Gasteiger partial charge in [-0.05, 0) is 62.7 Å². The summed E-state index contributed by atoms with van der Waals surface area (Å²) in [6.45, 7) is 7.11. The van der Waals surface area contributed by atoms with Crippen LogP contribution in [0.2, 0.25) is 0 Å². The number of fused-ring (bicyclic) bond motifs is 5. The topological polar surface area (TPSA) is 86.6 Å². The third kappa shape index (κ3) is 2.28. The van der Waals surface area contributed by atoms with Gasteiger partial charge in [-0.3, -0.25) is 9.59 Å². The second kappa shape index (κ2) is 6.45. The maximum absolute atomic E-state index is 17.0. The minimum Gasteiger partial charge on any atom is -0.390 e. The van der Waals surface area contributed by atoms with Crippen molar-refractivity contribution in [1.82, 2.24) is 5.32 Å². The number of rotatable bonds is 2. The van der Waals surface area contributed by atoms with Crippen molar-refractivity contribution >= 4 is 11.7 Å². The summed E-state index contributed by atoms with van der Waals surface area (Å²) in [7, 11) is 0. The van der Waals surface area contributed by atoms with Crippen LogP contribution >= 0.6 is 0 Å². The largest absolute Gasteiger partial charge is 0.390 e. The van der Waals surface area contributed by atoms with Gasteiger partial charge in [0.1, 0.15) is 6.17 Å². The molecule has 0 radical (unpaired) electrons. The number of ketones is 1. The molecule has 0 heterocycles. The predicted octanol–water partition coefficient (Wildman–Crippen LogP) is 2.42. The first-order valence-corrected chi connectivity index (χ1v) is 10.8. The molecule has 7 heteroatoms. The van der Waals surface area contributed by atoms with Crippen molar-refractivity contribution in [3.05, 3.63) is 23.8 Å². The second-order valence-electron chi connectivity index (χ2n) is 10.1. The van der Waals surface area contributed by atoms with Gasteiger partial charge in [-0.2, -0.15) is 0 Å². The molecule has 5 nitrogen and oxygen atoms in total. The molecule has 166 valence electrons. The fourth-order valence-corrected chi connectivity index (χ4v) is 7.32. The number of carbonyl (C=O) groups is 2. The van der Waals surface area contributed by atoms with Crippen molar-refractivity contribution in [3.8, 4) is 0 Å². The van der Waals surface area contributed by atoms with E-state index in [4.69, 9.17) is 0 Å². The summed E-state index contributed by atoms with van der Waals surface area (Å²) in [6, 6.07) is 0. The van der Waals surface area contributed by atoms with E-state index in [-0.39, 0.29) is 24.2 Å². The van der Waals surface area contributed by atoms with Crippen molar-refractivity contribution in [1.29, 1.82) is 0 Å². The highest BCUT2D eigenvalue weighted by molar-refractivity contribution is 6.01. The van der Waals surface area contributed by atoms with Crippen LogP contribution in [0.4, 0.5) is 8.78 Å². The van der Waals surface area contributed by atoms with E-state index in [1.807, 2.05) is 0 Å². The van der Waals surface area contributed by atoms with Crippen molar-refractivity contribution < 1.29 is 28.6 Å². The van der Waals surface area contributed by atoms with Crippen LogP contribution in [0.1, 0.15) is 47.0 Å². The van der Waals surface area contributed by atoms with Gasteiger partial charge in [0, 0.05) is 23.3 Å². The van der Waals surface area contributed by atoms with Crippen molar-refractivity contribution in [2.75, 3.05) is 6.54 Å². The summed E-state index contributed by atoms with van der Waals surface area (Å²) in [6.07, 6.45) is 0.795. The molecule has 0 aromatic rings. The Bertz CT molecular complexity index is 858. The number of aliphatic hydroxyl groups excluding tert-OH is 1. The van der Waals surface area contributed by atoms with Crippen LogP contribution in [0.3, 0.4) is 0 Å². The van der Waals surface area contributed by atoms with E-state index in [1.165, 1.54) is 12.2 Å². The molecule has 3 fully saturated rings. The van der Waals surface area contributed by atoms with E-state index in [9.17, 15) is 19.8 Å². The maximum atomic E-state index is 17.0. The molecule has 0 unspecified atom stereocenters. The number of allylic oxidation sites excluding steroid dienone is 4. The lowest BCUT2D eigenvalue weighted by atomic mass is 9.44. The first kappa shape index (κ1) is 21.6. The van der Waals surface area contributed by atoms with Gasteiger partial charge in [-0.25, -0.2) is 8.78 Å². The molecule has 30 heavy (non-hydrogen) atoms. The molecule has 0 bridgehead atoms. The van der Waals surface area contributed by atoms with Gasteiger partial charge >= 0.3 is 0 Å². The molecule has 4 rings (SSSR count). The standard InChI is InChI=1S/C23H31F2NO4/c1-5-26-19(29)23(30)12(2)8-14-15-10-17(24)16-9-13(27)6-7-20(16,3)22(15,25)18(28)11-21(14,23)4/h6-7,9,12,14-15,17-18,28,30H,5,8,10-11H2,1-4H3,(H,26,29)/t12-,14+,15+,17+,18+,20+,21+,22+,23+/m1/s1. The third-order valence-electron chi connectivity index (χ3n) is 8.89. The van der Waals surface area contributed by atoms with E-state index < -0.39 is 58.0 Å². The smallest absolute Gasteiger partial charge is 0.252 e. The Morgan fingerprint density at radius 1 is 1.30 bits per heavy atom. The zero-order valence-corrected chi connectivity index (χ0v) is 17.9. The number of nitrogens with one attached hydrogen (secondary N) is 1. The number of halogens is 2. The van der Waals surface area contributed by atoms with Crippen LogP contribution in [-0.4, -0.2) is 52.0 Å². The van der Waals surface area contributed by atoms with Crippen LogP contribution in [0.5, 0.6) is 0 Å². The molecule has 3 N–H and O–H groups in total. The highest BCUT2D eigenvalue weighted by Gasteiger charge is 2.76. The Kier molecular flexibility index (Phi) is 4.65. The lowest BCUT2D eigenvalue weighted by Gasteiger charge is -2.63. The van der Waals surface area contributed by atoms with Gasteiger partial charge in [0.2, 0.25) is 0 Å². The van der Waals surface area contributed by atoms with Gasteiger partial charge in [0.05, 0.1) is 6.10 Å². The number of hydrogen-bond acceptors (Lipinski definition) is 4. The molecule has 9 atom stereocenters. The Hall–Kier alpha value is -1.60. The molecule has 1 amide bonds. The Labute approximate surface area is 175 Å². The van der Waals surface area contributed by atoms with E-state index in [0.29, 0.717) is 13.0 Å². The van der Waals surface area contributed by atoms with Crippen LogP contribution in [0.25, 0.3) is 0 Å². The van der Waals surface area contributed by atoms with Crippen LogP contribution in [0.15, 0.2) is 23.8 Å². The normalized spacial score (nSPS) is 52.2. The predicted molar refractivity (Wildman–Crippen MR) is 107 cm³/mol. The first-order valence-electron chi connectivity index (χ1n) is 10.8. The number of hydrogen-bond donors (Lipinski definition) is 3. The molecular formula is C23H31F2NO4. The number of amides is 1. The molecule has 0 spiro atoms. The molecule has 0 saturated heterocycles. The number of carbonyl (C=O) groups excluding carboxylic acids is 2. The molecule has 3 saturated carbocycles. The number of aliphatic hydroxyl groups is 2. The van der Waals surface area contributed by atoms with Crippen LogP contribution in [-0.2, 0) is 9.59 Å². The average molecular weight is 424 g/mol. The summed E-state index contributed by atoms with van der Waals surface area (Å²) in [4.78, 5) is 24.8. The van der Waals surface area contributed by atoms with Gasteiger partial charge in [0.25, 0.3) is 5.91 Å². The zero-order valence-electron chi connectivity index (χ0n) is 17.9. The number of likely N-dealkylation sites (N-methyl/N-ethyl adjacent to an activating group) is 1. The fourth-order valence-electron chi connectivity index (χ4n) is 7.32. The van der Waals surface area contributed by atoms with E-state index in [2.05, 4.69) is 5.32 Å². The monoisotopic (exact) mass is 423 g/mol. The summed E-state index contributed by atoms with van der Waals surface area (Å²) in [5, 5.41) is 25.5. The average Bonchev–Trinajstić information content (AvgIpc) is 2.88. The summed E-state index contributed by atoms with van der Waals surface area (Å²) >= 11 is 0. The van der Waals surface area contributed by atoms with Crippen LogP contribution in [0, 0.1) is 28.6 Å². The highest BCUT2D eigenvalue weighted by Crippen LogP contribution is 2.70. The fraction of sp³-hybridized carbons (Fsp3) is 0.739. The minimum absolute atomic E-state index is 0.0708. The zero-order chi connectivity index (χ0) is 22.3. The van der Waals surface area contributed by atoms with Gasteiger partial charge in [0.15, 0.2) is 17.1 Å².